The van der Waals surface area contributed by atoms with Gasteiger partial charge in [0.1, 0.15) is 13.2 Å². The molecule has 2 aromatic rings. The molecule has 1 heterocycles. The van der Waals surface area contributed by atoms with Gasteiger partial charge >= 0.3 is 0 Å². The summed E-state index contributed by atoms with van der Waals surface area (Å²) in [7, 11) is 0. The molecule has 6 nitrogen and oxygen atoms in total. The van der Waals surface area contributed by atoms with Crippen LogP contribution in [0.2, 0.25) is 5.02 Å². The molecule has 3 rings (SSSR count). The van der Waals surface area contributed by atoms with Crippen molar-refractivity contribution in [2.75, 3.05) is 23.8 Å². The third kappa shape index (κ3) is 3.85. The van der Waals surface area contributed by atoms with Gasteiger partial charge in [-0.1, -0.05) is 24.6 Å². The van der Waals surface area contributed by atoms with Crippen molar-refractivity contribution in [1.82, 2.24) is 0 Å². The minimum Gasteiger partial charge on any atom is -0.486 e. The van der Waals surface area contributed by atoms with Crippen molar-refractivity contribution in [3.8, 4) is 11.5 Å². The van der Waals surface area contributed by atoms with Gasteiger partial charge < -0.3 is 20.1 Å². The van der Waals surface area contributed by atoms with Crippen molar-refractivity contribution in [2.45, 2.75) is 13.3 Å². The Morgan fingerprint density at radius 1 is 1.12 bits per heavy atom. The monoisotopic (exact) mass is 360 g/mol. The Kier molecular flexibility index (Phi) is 5.09. The molecule has 0 spiro atoms. The average Bonchev–Trinajstić information content (AvgIpc) is 2.63. The van der Waals surface area contributed by atoms with Crippen LogP contribution in [0.4, 0.5) is 11.4 Å². The molecule has 1 aliphatic rings. The average molecular weight is 361 g/mol. The molecule has 0 saturated carbocycles. The van der Waals surface area contributed by atoms with Gasteiger partial charge in [-0.2, -0.15) is 0 Å². The second-order valence-corrected chi connectivity index (χ2v) is 5.79. The van der Waals surface area contributed by atoms with Gasteiger partial charge in [0.15, 0.2) is 11.5 Å². The van der Waals surface area contributed by atoms with Gasteiger partial charge in [0.2, 0.25) is 5.91 Å². The van der Waals surface area contributed by atoms with E-state index in [1.807, 2.05) is 0 Å². The van der Waals surface area contributed by atoms with Crippen LogP contribution in [0.1, 0.15) is 23.7 Å². The summed E-state index contributed by atoms with van der Waals surface area (Å²) in [6.07, 6.45) is 0.359. The first-order chi connectivity index (χ1) is 12.1. The van der Waals surface area contributed by atoms with Gasteiger partial charge in [-0.3, -0.25) is 9.59 Å². The van der Waals surface area contributed by atoms with Crippen molar-refractivity contribution >= 4 is 34.8 Å². The molecule has 130 valence electrons. The Hall–Kier alpha value is -2.73. The third-order valence-electron chi connectivity index (χ3n) is 3.63. The number of benzene rings is 2. The summed E-state index contributed by atoms with van der Waals surface area (Å²) < 4.78 is 11.0. The summed E-state index contributed by atoms with van der Waals surface area (Å²) in [5.74, 6) is 0.456. The Labute approximate surface area is 150 Å². The van der Waals surface area contributed by atoms with E-state index in [0.717, 1.165) is 0 Å². The lowest BCUT2D eigenvalue weighted by atomic mass is 10.1. The highest BCUT2D eigenvalue weighted by Gasteiger charge is 2.21. The first kappa shape index (κ1) is 17.1. The molecule has 0 fully saturated rings. The maximum absolute atomic E-state index is 12.6. The molecular weight excluding hydrogens is 344 g/mol. The van der Waals surface area contributed by atoms with E-state index in [0.29, 0.717) is 53.1 Å². The van der Waals surface area contributed by atoms with Crippen LogP contribution in [0.3, 0.4) is 0 Å². The number of halogens is 1. The molecule has 2 aromatic carbocycles. The van der Waals surface area contributed by atoms with Crippen molar-refractivity contribution in [2.24, 2.45) is 0 Å². The molecule has 0 atom stereocenters. The number of hydrogen-bond acceptors (Lipinski definition) is 4. The van der Waals surface area contributed by atoms with E-state index in [1.54, 1.807) is 43.3 Å². The molecular formula is C18H17ClN2O4. The summed E-state index contributed by atoms with van der Waals surface area (Å²) in [6, 6.07) is 10.0. The first-order valence-corrected chi connectivity index (χ1v) is 8.25. The number of carbonyl (C=O) groups is 2. The highest BCUT2D eigenvalue weighted by molar-refractivity contribution is 6.34. The zero-order chi connectivity index (χ0) is 17.8. The lowest BCUT2D eigenvalue weighted by Crippen LogP contribution is -2.20. The smallest absolute Gasteiger partial charge is 0.259 e. The van der Waals surface area contributed by atoms with Gasteiger partial charge in [0, 0.05) is 12.1 Å². The van der Waals surface area contributed by atoms with Crippen LogP contribution < -0.4 is 20.1 Å². The number of nitrogens with one attached hydrogen (secondary N) is 2. The Morgan fingerprint density at radius 2 is 1.92 bits per heavy atom. The standard InChI is InChI=1S/C18H17ClN2O4/c1-2-16(22)20-11-6-7-13(19)14(10-11)21-18(23)12-4-3-5-15-17(12)25-9-8-24-15/h3-7,10H,2,8-9H2,1H3,(H,20,22)(H,21,23). The Morgan fingerprint density at radius 3 is 2.72 bits per heavy atom. The van der Waals surface area contributed by atoms with Gasteiger partial charge in [0.05, 0.1) is 16.3 Å². The predicted molar refractivity (Wildman–Crippen MR) is 95.8 cm³/mol. The number of para-hydroxylation sites is 1. The van der Waals surface area contributed by atoms with Gasteiger partial charge in [-0.15, -0.1) is 0 Å². The summed E-state index contributed by atoms with van der Waals surface area (Å²) in [5, 5.41) is 5.84. The highest BCUT2D eigenvalue weighted by atomic mass is 35.5. The number of fused-ring (bicyclic) bond motifs is 1. The van der Waals surface area contributed by atoms with Crippen LogP contribution in [0.15, 0.2) is 36.4 Å². The largest absolute Gasteiger partial charge is 0.486 e. The maximum Gasteiger partial charge on any atom is 0.259 e. The number of carbonyl (C=O) groups excluding carboxylic acids is 2. The van der Waals surface area contributed by atoms with Crippen LogP contribution in [0.5, 0.6) is 11.5 Å². The van der Waals surface area contributed by atoms with Crippen LogP contribution in [-0.2, 0) is 4.79 Å². The van der Waals surface area contributed by atoms with Gasteiger partial charge in [-0.05, 0) is 30.3 Å². The second kappa shape index (κ2) is 7.44. The van der Waals surface area contributed by atoms with Crippen molar-refractivity contribution in [3.63, 3.8) is 0 Å². The molecule has 1 aliphatic heterocycles. The molecule has 0 radical (unpaired) electrons. The van der Waals surface area contributed by atoms with E-state index in [2.05, 4.69) is 10.6 Å². The van der Waals surface area contributed by atoms with Crippen LogP contribution in [0.25, 0.3) is 0 Å². The fourth-order valence-corrected chi connectivity index (χ4v) is 2.56. The minimum absolute atomic E-state index is 0.123. The number of hydrogen-bond donors (Lipinski definition) is 2. The molecule has 25 heavy (non-hydrogen) atoms. The maximum atomic E-state index is 12.6. The molecule has 0 bridgehead atoms. The van der Waals surface area contributed by atoms with Gasteiger partial charge in [0.25, 0.3) is 5.91 Å². The molecule has 0 aliphatic carbocycles. The van der Waals surface area contributed by atoms with Crippen LogP contribution in [0, 0.1) is 0 Å². The zero-order valence-electron chi connectivity index (χ0n) is 13.6. The number of ether oxygens (including phenoxy) is 2. The summed E-state index contributed by atoms with van der Waals surface area (Å²) in [5.41, 5.74) is 1.31. The van der Waals surface area contributed by atoms with Crippen LogP contribution in [-0.4, -0.2) is 25.0 Å². The van der Waals surface area contributed by atoms with E-state index in [1.165, 1.54) is 0 Å². The molecule has 2 N–H and O–H groups in total. The Balaban J connectivity index is 1.84. The Bertz CT molecular complexity index is 823. The molecule has 0 unspecified atom stereocenters. The molecule has 0 saturated heterocycles. The lowest BCUT2D eigenvalue weighted by molar-refractivity contribution is -0.115. The van der Waals surface area contributed by atoms with Crippen molar-refractivity contribution in [1.29, 1.82) is 0 Å². The summed E-state index contributed by atoms with van der Waals surface area (Å²) in [6.45, 7) is 2.59. The van der Waals surface area contributed by atoms with Crippen molar-refractivity contribution in [3.05, 3.63) is 47.0 Å². The van der Waals surface area contributed by atoms with E-state index in [4.69, 9.17) is 21.1 Å². The van der Waals surface area contributed by atoms with Crippen molar-refractivity contribution < 1.29 is 19.1 Å². The molecule has 7 heteroatoms. The van der Waals surface area contributed by atoms with E-state index < -0.39 is 0 Å². The number of rotatable bonds is 4. The van der Waals surface area contributed by atoms with Gasteiger partial charge in [-0.25, -0.2) is 0 Å². The van der Waals surface area contributed by atoms with Crippen LogP contribution >= 0.6 is 11.6 Å². The highest BCUT2D eigenvalue weighted by Crippen LogP contribution is 2.34. The normalized spacial score (nSPS) is 12.4. The predicted octanol–water partition coefficient (Wildman–Crippen LogP) is 3.71. The SMILES string of the molecule is CCC(=O)Nc1ccc(Cl)c(NC(=O)c2cccc3c2OCCO3)c1. The molecule has 0 aromatic heterocycles. The number of amides is 2. The number of anilines is 2. The van der Waals surface area contributed by atoms with E-state index in [-0.39, 0.29) is 11.8 Å². The lowest BCUT2D eigenvalue weighted by Gasteiger charge is -2.20. The quantitative estimate of drug-likeness (QED) is 0.871. The summed E-state index contributed by atoms with van der Waals surface area (Å²) in [4.78, 5) is 24.2. The third-order valence-corrected chi connectivity index (χ3v) is 3.96. The minimum atomic E-state index is -0.372. The first-order valence-electron chi connectivity index (χ1n) is 7.88. The topological polar surface area (TPSA) is 76.7 Å². The second-order valence-electron chi connectivity index (χ2n) is 5.38. The zero-order valence-corrected chi connectivity index (χ0v) is 14.4. The fourth-order valence-electron chi connectivity index (χ4n) is 2.39. The molecule has 2 amide bonds. The van der Waals surface area contributed by atoms with E-state index in [9.17, 15) is 9.59 Å². The fraction of sp³-hybridized carbons (Fsp3) is 0.222. The van der Waals surface area contributed by atoms with E-state index >= 15 is 0 Å². The summed E-state index contributed by atoms with van der Waals surface area (Å²) >= 11 is 6.16.